The van der Waals surface area contributed by atoms with E-state index in [1.165, 1.54) is 19.4 Å². The fourth-order valence-corrected chi connectivity index (χ4v) is 0.479. The summed E-state index contributed by atoms with van der Waals surface area (Å²) in [6.45, 7) is 6.64. The SMILES string of the molecule is CCCCNCC.[LiH]. The Morgan fingerprint density at radius 2 is 1.88 bits per heavy atom. The molecule has 8 heavy (non-hydrogen) atoms. The first-order valence-corrected chi connectivity index (χ1v) is 3.12. The van der Waals surface area contributed by atoms with E-state index in [4.69, 9.17) is 0 Å². The zero-order chi connectivity index (χ0) is 5.54. The molecule has 0 aliphatic carbocycles. The van der Waals surface area contributed by atoms with Crippen LogP contribution >= 0.6 is 0 Å². The third-order valence-electron chi connectivity index (χ3n) is 0.957. The molecular formula is C6H16LiN. The van der Waals surface area contributed by atoms with Crippen molar-refractivity contribution < 1.29 is 0 Å². The van der Waals surface area contributed by atoms with Gasteiger partial charge < -0.3 is 5.32 Å². The first kappa shape index (κ1) is 11.4. The molecule has 0 fully saturated rings. The van der Waals surface area contributed by atoms with E-state index in [0.717, 1.165) is 6.54 Å². The molecule has 0 spiro atoms. The van der Waals surface area contributed by atoms with Crippen molar-refractivity contribution in [1.29, 1.82) is 0 Å². The molecule has 0 amide bonds. The molecule has 0 radical (unpaired) electrons. The zero-order valence-electron chi connectivity index (χ0n) is 5.33. The summed E-state index contributed by atoms with van der Waals surface area (Å²) in [5.41, 5.74) is 0. The topological polar surface area (TPSA) is 12.0 Å². The van der Waals surface area contributed by atoms with Crippen LogP contribution in [0.5, 0.6) is 0 Å². The molecule has 0 aliphatic heterocycles. The standard InChI is InChI=1S/C6H15N.Li.H/c1-3-5-6-7-4-2;;/h7H,3-6H2,1-2H3;;. The fraction of sp³-hybridized carbons (Fsp3) is 1.00. The molecule has 0 atom stereocenters. The molecular weight excluding hydrogens is 93.0 g/mol. The minimum atomic E-state index is 0. The molecule has 1 nitrogen and oxygen atoms in total. The molecule has 0 saturated carbocycles. The van der Waals surface area contributed by atoms with E-state index in [9.17, 15) is 0 Å². The average molecular weight is 109 g/mol. The van der Waals surface area contributed by atoms with E-state index < -0.39 is 0 Å². The monoisotopic (exact) mass is 109 g/mol. The van der Waals surface area contributed by atoms with E-state index in [1.807, 2.05) is 0 Å². The van der Waals surface area contributed by atoms with Gasteiger partial charge in [0.05, 0.1) is 0 Å². The van der Waals surface area contributed by atoms with Crippen molar-refractivity contribution in [3.8, 4) is 0 Å². The number of unbranched alkanes of at least 4 members (excludes halogenated alkanes) is 1. The molecule has 0 heterocycles. The first-order valence-electron chi connectivity index (χ1n) is 3.12. The van der Waals surface area contributed by atoms with Gasteiger partial charge in [-0.2, -0.15) is 0 Å². The molecule has 0 bridgehead atoms. The van der Waals surface area contributed by atoms with Crippen LogP contribution in [-0.4, -0.2) is 32.0 Å². The van der Waals surface area contributed by atoms with E-state index in [0.29, 0.717) is 0 Å². The number of hydrogen-bond donors (Lipinski definition) is 1. The minimum absolute atomic E-state index is 0. The van der Waals surface area contributed by atoms with Crippen molar-refractivity contribution in [2.45, 2.75) is 26.7 Å². The summed E-state index contributed by atoms with van der Waals surface area (Å²) >= 11 is 0. The third-order valence-corrected chi connectivity index (χ3v) is 0.957. The predicted octanol–water partition coefficient (Wildman–Crippen LogP) is 0.747. The first-order chi connectivity index (χ1) is 3.41. The second kappa shape index (κ2) is 10.5. The Kier molecular flexibility index (Phi) is 14.9. The van der Waals surface area contributed by atoms with Crippen molar-refractivity contribution in [2.75, 3.05) is 13.1 Å². The summed E-state index contributed by atoms with van der Waals surface area (Å²) in [6, 6.07) is 0. The predicted molar refractivity (Wildman–Crippen MR) is 40.6 cm³/mol. The summed E-state index contributed by atoms with van der Waals surface area (Å²) in [5.74, 6) is 0. The number of rotatable bonds is 4. The van der Waals surface area contributed by atoms with E-state index in [-0.39, 0.29) is 18.9 Å². The van der Waals surface area contributed by atoms with Gasteiger partial charge >= 0.3 is 18.9 Å². The average Bonchev–Trinajstić information content (AvgIpc) is 1.69. The van der Waals surface area contributed by atoms with Crippen LogP contribution in [0.15, 0.2) is 0 Å². The van der Waals surface area contributed by atoms with E-state index in [2.05, 4.69) is 19.2 Å². The Labute approximate surface area is 64.4 Å². The molecule has 0 unspecified atom stereocenters. The van der Waals surface area contributed by atoms with Crippen molar-refractivity contribution in [3.63, 3.8) is 0 Å². The summed E-state index contributed by atoms with van der Waals surface area (Å²) in [5, 5.41) is 3.25. The number of nitrogens with one attached hydrogen (secondary N) is 1. The molecule has 1 N–H and O–H groups in total. The van der Waals surface area contributed by atoms with Crippen molar-refractivity contribution >= 4 is 18.9 Å². The van der Waals surface area contributed by atoms with Crippen LogP contribution in [-0.2, 0) is 0 Å². The molecule has 0 aromatic carbocycles. The second-order valence-corrected chi connectivity index (χ2v) is 1.71. The zero-order valence-corrected chi connectivity index (χ0v) is 5.33. The van der Waals surface area contributed by atoms with E-state index in [1.54, 1.807) is 0 Å². The normalized spacial score (nSPS) is 8.25. The summed E-state index contributed by atoms with van der Waals surface area (Å²) < 4.78 is 0. The molecule has 46 valence electrons. The van der Waals surface area contributed by atoms with Gasteiger partial charge in [0, 0.05) is 0 Å². The van der Waals surface area contributed by atoms with Gasteiger partial charge in [-0.25, -0.2) is 0 Å². The van der Waals surface area contributed by atoms with Gasteiger partial charge in [0.2, 0.25) is 0 Å². The fourth-order valence-electron chi connectivity index (χ4n) is 0.479. The Balaban J connectivity index is 0. The van der Waals surface area contributed by atoms with Gasteiger partial charge in [-0.3, -0.25) is 0 Å². The summed E-state index contributed by atoms with van der Waals surface area (Å²) in [4.78, 5) is 0. The van der Waals surface area contributed by atoms with Gasteiger partial charge in [-0.1, -0.05) is 20.3 Å². The Morgan fingerprint density at radius 3 is 2.25 bits per heavy atom. The van der Waals surface area contributed by atoms with Crippen LogP contribution in [0.1, 0.15) is 26.7 Å². The maximum atomic E-state index is 3.25. The van der Waals surface area contributed by atoms with Gasteiger partial charge in [0.1, 0.15) is 0 Å². The van der Waals surface area contributed by atoms with Crippen LogP contribution in [0.4, 0.5) is 0 Å². The van der Waals surface area contributed by atoms with Crippen LogP contribution in [0.3, 0.4) is 0 Å². The Hall–Kier alpha value is 0.557. The second-order valence-electron chi connectivity index (χ2n) is 1.71. The maximum absolute atomic E-state index is 3.25. The summed E-state index contributed by atoms with van der Waals surface area (Å²) in [7, 11) is 0. The van der Waals surface area contributed by atoms with Crippen LogP contribution in [0, 0.1) is 0 Å². The van der Waals surface area contributed by atoms with Gasteiger partial charge in [-0.15, -0.1) is 0 Å². The van der Waals surface area contributed by atoms with Gasteiger partial charge in [0.25, 0.3) is 0 Å². The quantitative estimate of drug-likeness (QED) is 0.415. The van der Waals surface area contributed by atoms with Crippen molar-refractivity contribution in [1.82, 2.24) is 5.32 Å². The molecule has 0 aromatic heterocycles. The van der Waals surface area contributed by atoms with Crippen LogP contribution < -0.4 is 5.32 Å². The summed E-state index contributed by atoms with van der Waals surface area (Å²) in [6.07, 6.45) is 2.61. The number of hydrogen-bond acceptors (Lipinski definition) is 1. The molecule has 0 saturated heterocycles. The third kappa shape index (κ3) is 9.75. The van der Waals surface area contributed by atoms with Gasteiger partial charge in [-0.05, 0) is 19.5 Å². The van der Waals surface area contributed by atoms with Crippen molar-refractivity contribution in [3.05, 3.63) is 0 Å². The Morgan fingerprint density at radius 1 is 1.25 bits per heavy atom. The van der Waals surface area contributed by atoms with Gasteiger partial charge in [0.15, 0.2) is 0 Å². The molecule has 0 aromatic rings. The van der Waals surface area contributed by atoms with E-state index >= 15 is 0 Å². The Bertz CT molecular complexity index is 27.7. The molecule has 2 heteroatoms. The van der Waals surface area contributed by atoms with Crippen molar-refractivity contribution in [2.24, 2.45) is 0 Å². The molecule has 0 rings (SSSR count). The van der Waals surface area contributed by atoms with Crippen LogP contribution in [0.25, 0.3) is 0 Å². The molecule has 0 aliphatic rings. The van der Waals surface area contributed by atoms with Crippen LogP contribution in [0.2, 0.25) is 0 Å².